The number of nitrogens with one attached hydrogen (secondary N) is 1. The quantitative estimate of drug-likeness (QED) is 0.422. The lowest BCUT2D eigenvalue weighted by molar-refractivity contribution is -0.150. The molecule has 172 valence electrons. The third-order valence-corrected chi connectivity index (χ3v) is 7.51. The van der Waals surface area contributed by atoms with E-state index in [0.29, 0.717) is 0 Å². The van der Waals surface area contributed by atoms with Crippen LogP contribution in [0.3, 0.4) is 0 Å². The van der Waals surface area contributed by atoms with Crippen LogP contribution in [0.5, 0.6) is 0 Å². The van der Waals surface area contributed by atoms with E-state index in [1.807, 2.05) is 91.0 Å². The molecule has 2 aliphatic heterocycles. The van der Waals surface area contributed by atoms with Crippen LogP contribution in [-0.2, 0) is 25.5 Å². The Balaban J connectivity index is 1.23. The van der Waals surface area contributed by atoms with Gasteiger partial charge in [-0.1, -0.05) is 91.0 Å². The molecule has 2 fully saturated rings. The van der Waals surface area contributed by atoms with Crippen molar-refractivity contribution in [2.24, 2.45) is 0 Å². The zero-order chi connectivity index (χ0) is 23.5. The number of benzene rings is 3. The molecule has 34 heavy (non-hydrogen) atoms. The summed E-state index contributed by atoms with van der Waals surface area (Å²) in [6.07, 6.45) is -0.315. The Hall–Kier alpha value is -3.58. The van der Waals surface area contributed by atoms with Gasteiger partial charge in [-0.05, 0) is 16.7 Å². The lowest BCUT2D eigenvalue weighted by Crippen LogP contribution is -2.67. The molecule has 0 bridgehead atoms. The van der Waals surface area contributed by atoms with Crippen molar-refractivity contribution in [1.82, 2.24) is 10.2 Å². The topological polar surface area (TPSA) is 75.7 Å². The Labute approximate surface area is 202 Å². The van der Waals surface area contributed by atoms with Crippen molar-refractivity contribution in [3.63, 3.8) is 0 Å². The van der Waals surface area contributed by atoms with Gasteiger partial charge >= 0.3 is 5.97 Å². The van der Waals surface area contributed by atoms with Crippen LogP contribution in [0.15, 0.2) is 91.0 Å². The average molecular weight is 473 g/mol. The summed E-state index contributed by atoms with van der Waals surface area (Å²) in [5.41, 5.74) is 2.66. The van der Waals surface area contributed by atoms with Crippen LogP contribution in [-0.4, -0.2) is 45.9 Å². The molecule has 0 unspecified atom stereocenters. The molecule has 0 radical (unpaired) electrons. The summed E-state index contributed by atoms with van der Waals surface area (Å²) < 4.78 is 5.98. The van der Waals surface area contributed by atoms with Gasteiger partial charge in [-0.15, -0.1) is 11.8 Å². The smallest absolute Gasteiger partial charge is 0.321 e. The minimum atomic E-state index is -0.613. The van der Waals surface area contributed by atoms with E-state index in [4.69, 9.17) is 4.74 Å². The predicted octanol–water partition coefficient (Wildman–Crippen LogP) is 3.33. The summed E-state index contributed by atoms with van der Waals surface area (Å²) in [4.78, 5) is 39.8. The second kappa shape index (κ2) is 9.73. The molecule has 3 atom stereocenters. The zero-order valence-corrected chi connectivity index (χ0v) is 19.2. The number of thioether (sulfide) groups is 1. The number of β-lactam (4-membered cyclic amide) rings is 1. The van der Waals surface area contributed by atoms with Crippen LogP contribution in [0, 0.1) is 0 Å². The van der Waals surface area contributed by atoms with Crippen molar-refractivity contribution in [1.29, 1.82) is 0 Å². The summed E-state index contributed by atoms with van der Waals surface area (Å²) >= 11 is 1.38. The number of amides is 2. The number of nitrogens with zero attached hydrogens (tertiary/aromatic N) is 1. The van der Waals surface area contributed by atoms with E-state index >= 15 is 0 Å². The SMILES string of the molecule is O=C(Cc1ccccc1)N[C@@H]1C(=O)N2C[C@H](C(=O)OC(c3ccccc3)c3ccccc3)S[C@H]12. The van der Waals surface area contributed by atoms with E-state index in [2.05, 4.69) is 5.32 Å². The van der Waals surface area contributed by atoms with Gasteiger partial charge in [0.15, 0.2) is 6.10 Å². The van der Waals surface area contributed by atoms with Crippen molar-refractivity contribution >= 4 is 29.5 Å². The van der Waals surface area contributed by atoms with E-state index in [1.165, 1.54) is 11.8 Å². The summed E-state index contributed by atoms with van der Waals surface area (Å²) in [6, 6.07) is 28.0. The standard InChI is InChI=1S/C27H24N2O4S/c30-22(16-18-10-4-1-5-11-18)28-23-25(31)29-17-21(34-26(23)29)27(32)33-24(19-12-6-2-7-13-19)20-14-8-3-9-15-20/h1-15,21,23-24,26H,16-17H2,(H,28,30)/t21-,23-,26-/m1/s1. The number of hydrogen-bond acceptors (Lipinski definition) is 5. The summed E-state index contributed by atoms with van der Waals surface area (Å²) in [5, 5.41) is 2.08. The van der Waals surface area contributed by atoms with Crippen LogP contribution in [0.2, 0.25) is 0 Å². The molecule has 2 saturated heterocycles. The number of esters is 1. The third kappa shape index (κ3) is 4.56. The number of rotatable bonds is 7. The Morgan fingerprint density at radius 1 is 0.912 bits per heavy atom. The first-order valence-electron chi connectivity index (χ1n) is 11.2. The molecule has 1 N–H and O–H groups in total. The largest absolute Gasteiger partial charge is 0.452 e. The molecule has 2 aliphatic rings. The molecular formula is C27H24N2O4S. The van der Waals surface area contributed by atoms with Gasteiger partial charge in [0.1, 0.15) is 16.7 Å². The van der Waals surface area contributed by atoms with Gasteiger partial charge < -0.3 is 15.0 Å². The zero-order valence-electron chi connectivity index (χ0n) is 18.4. The Bertz CT molecular complexity index is 1130. The Kier molecular flexibility index (Phi) is 6.36. The fourth-order valence-electron chi connectivity index (χ4n) is 4.30. The molecule has 5 rings (SSSR count). The second-order valence-electron chi connectivity index (χ2n) is 8.35. The highest BCUT2D eigenvalue weighted by Gasteiger charge is 2.56. The molecule has 0 aromatic heterocycles. The minimum Gasteiger partial charge on any atom is -0.452 e. The first kappa shape index (κ1) is 22.2. The number of carbonyl (C=O) groups excluding carboxylic acids is 3. The van der Waals surface area contributed by atoms with Crippen molar-refractivity contribution in [2.75, 3.05) is 6.54 Å². The Morgan fingerprint density at radius 3 is 2.06 bits per heavy atom. The number of hydrogen-bond donors (Lipinski definition) is 1. The molecule has 0 saturated carbocycles. The number of carbonyl (C=O) groups is 3. The van der Waals surface area contributed by atoms with Crippen LogP contribution in [0.25, 0.3) is 0 Å². The summed E-state index contributed by atoms with van der Waals surface area (Å²) in [6.45, 7) is 0.286. The first-order valence-corrected chi connectivity index (χ1v) is 12.1. The fraction of sp³-hybridized carbons (Fsp3) is 0.222. The normalized spacial score (nSPS) is 21.0. The average Bonchev–Trinajstić information content (AvgIpc) is 3.28. The van der Waals surface area contributed by atoms with Crippen LogP contribution < -0.4 is 5.32 Å². The lowest BCUT2D eigenvalue weighted by Gasteiger charge is -2.41. The van der Waals surface area contributed by atoms with Gasteiger partial charge in [-0.2, -0.15) is 0 Å². The van der Waals surface area contributed by atoms with Gasteiger partial charge in [-0.3, -0.25) is 14.4 Å². The second-order valence-corrected chi connectivity index (χ2v) is 9.68. The van der Waals surface area contributed by atoms with Gasteiger partial charge in [0.2, 0.25) is 11.8 Å². The van der Waals surface area contributed by atoms with Crippen molar-refractivity contribution in [3.05, 3.63) is 108 Å². The van der Waals surface area contributed by atoms with Gasteiger partial charge in [0, 0.05) is 6.54 Å². The first-order chi connectivity index (χ1) is 16.6. The van der Waals surface area contributed by atoms with E-state index < -0.39 is 17.4 Å². The molecule has 2 amide bonds. The molecule has 0 aliphatic carbocycles. The van der Waals surface area contributed by atoms with Crippen LogP contribution >= 0.6 is 11.8 Å². The monoisotopic (exact) mass is 472 g/mol. The molecule has 3 aromatic carbocycles. The van der Waals surface area contributed by atoms with E-state index in [9.17, 15) is 14.4 Å². The maximum Gasteiger partial charge on any atom is 0.321 e. The maximum absolute atomic E-state index is 13.1. The molecule has 3 aromatic rings. The summed E-state index contributed by atoms with van der Waals surface area (Å²) in [5.74, 6) is -0.722. The summed E-state index contributed by atoms with van der Waals surface area (Å²) in [7, 11) is 0. The molecule has 6 nitrogen and oxygen atoms in total. The van der Waals surface area contributed by atoms with Gasteiger partial charge in [0.05, 0.1) is 6.42 Å². The van der Waals surface area contributed by atoms with Gasteiger partial charge in [-0.25, -0.2) is 0 Å². The third-order valence-electron chi connectivity index (χ3n) is 6.03. The minimum absolute atomic E-state index is 0.156. The maximum atomic E-state index is 13.1. The number of fused-ring (bicyclic) bond motifs is 1. The van der Waals surface area contributed by atoms with E-state index in [0.717, 1.165) is 16.7 Å². The van der Waals surface area contributed by atoms with E-state index in [-0.39, 0.29) is 36.1 Å². The molecule has 2 heterocycles. The van der Waals surface area contributed by atoms with Gasteiger partial charge in [0.25, 0.3) is 0 Å². The van der Waals surface area contributed by atoms with Crippen molar-refractivity contribution in [2.45, 2.75) is 29.2 Å². The number of ether oxygens (including phenoxy) is 1. The molecule has 7 heteroatoms. The fourth-order valence-corrected chi connectivity index (χ4v) is 5.73. The Morgan fingerprint density at radius 2 is 1.47 bits per heavy atom. The highest BCUT2D eigenvalue weighted by atomic mass is 32.2. The van der Waals surface area contributed by atoms with Crippen molar-refractivity contribution < 1.29 is 19.1 Å². The highest BCUT2D eigenvalue weighted by Crippen LogP contribution is 2.41. The highest BCUT2D eigenvalue weighted by molar-refractivity contribution is 8.01. The molecular weight excluding hydrogens is 448 g/mol. The molecule has 0 spiro atoms. The van der Waals surface area contributed by atoms with Crippen LogP contribution in [0.4, 0.5) is 0 Å². The van der Waals surface area contributed by atoms with E-state index in [1.54, 1.807) is 4.90 Å². The predicted molar refractivity (Wildman–Crippen MR) is 130 cm³/mol. The lowest BCUT2D eigenvalue weighted by atomic mass is 10.0. The van der Waals surface area contributed by atoms with Crippen LogP contribution in [0.1, 0.15) is 22.8 Å². The van der Waals surface area contributed by atoms with Crippen molar-refractivity contribution in [3.8, 4) is 0 Å².